The Morgan fingerprint density at radius 2 is 1.92 bits per heavy atom. The van der Waals surface area contributed by atoms with Crippen LogP contribution >= 0.6 is 24.4 Å². The summed E-state index contributed by atoms with van der Waals surface area (Å²) in [5, 5.41) is 0. The molecule has 0 saturated carbocycles. The van der Waals surface area contributed by atoms with Gasteiger partial charge in [0.2, 0.25) is 0 Å². The fourth-order valence-electron chi connectivity index (χ4n) is 0.985. The molecule has 66 valence electrons. The standard InChI is InChI=1S/C10H14S2/c1-2-9-3-5-10(6-4-9)12-8-7-11/h3-6,11H,2,7-8H2,1H3. The normalized spacial score (nSPS) is 10.2. The van der Waals surface area contributed by atoms with Crippen LogP contribution in [0.25, 0.3) is 0 Å². The van der Waals surface area contributed by atoms with E-state index >= 15 is 0 Å². The Balaban J connectivity index is 2.53. The van der Waals surface area contributed by atoms with Gasteiger partial charge in [0.25, 0.3) is 0 Å². The number of rotatable bonds is 4. The molecule has 0 saturated heterocycles. The second-order valence-electron chi connectivity index (χ2n) is 2.57. The molecule has 2 heteroatoms. The quantitative estimate of drug-likeness (QED) is 0.572. The maximum absolute atomic E-state index is 4.17. The van der Waals surface area contributed by atoms with E-state index in [0.717, 1.165) is 17.9 Å². The molecular formula is C10H14S2. The zero-order valence-electron chi connectivity index (χ0n) is 7.29. The number of thiol groups is 1. The van der Waals surface area contributed by atoms with E-state index in [4.69, 9.17) is 0 Å². The van der Waals surface area contributed by atoms with Crippen LogP contribution in [0.2, 0.25) is 0 Å². The number of hydrogen-bond acceptors (Lipinski definition) is 2. The number of hydrogen-bond donors (Lipinski definition) is 1. The SMILES string of the molecule is CCc1ccc(SCCS)cc1. The Morgan fingerprint density at radius 1 is 1.25 bits per heavy atom. The van der Waals surface area contributed by atoms with Crippen molar-refractivity contribution >= 4 is 24.4 Å². The number of benzene rings is 1. The van der Waals surface area contributed by atoms with Gasteiger partial charge in [0, 0.05) is 10.6 Å². The largest absolute Gasteiger partial charge is 0.178 e. The Labute approximate surface area is 84.2 Å². The lowest BCUT2D eigenvalue weighted by Gasteiger charge is -2.00. The van der Waals surface area contributed by atoms with Crippen LogP contribution in [0.15, 0.2) is 29.2 Å². The lowest BCUT2D eigenvalue weighted by Crippen LogP contribution is -1.81. The highest BCUT2D eigenvalue weighted by Gasteiger charge is 1.92. The summed E-state index contributed by atoms with van der Waals surface area (Å²) in [7, 11) is 0. The van der Waals surface area contributed by atoms with Crippen molar-refractivity contribution < 1.29 is 0 Å². The van der Waals surface area contributed by atoms with E-state index in [1.54, 1.807) is 0 Å². The van der Waals surface area contributed by atoms with Crippen molar-refractivity contribution in [2.24, 2.45) is 0 Å². The molecule has 0 radical (unpaired) electrons. The first-order chi connectivity index (χ1) is 5.86. The van der Waals surface area contributed by atoms with Crippen molar-refractivity contribution in [3.8, 4) is 0 Å². The van der Waals surface area contributed by atoms with Crippen molar-refractivity contribution in [3.63, 3.8) is 0 Å². The van der Waals surface area contributed by atoms with Crippen LogP contribution in [0.1, 0.15) is 12.5 Å². The Kier molecular flexibility index (Phi) is 4.62. The van der Waals surface area contributed by atoms with E-state index < -0.39 is 0 Å². The van der Waals surface area contributed by atoms with Gasteiger partial charge in [-0.25, -0.2) is 0 Å². The lowest BCUT2D eigenvalue weighted by atomic mass is 10.2. The summed E-state index contributed by atoms with van der Waals surface area (Å²) in [6.07, 6.45) is 1.12. The van der Waals surface area contributed by atoms with Crippen LogP contribution < -0.4 is 0 Å². The molecule has 0 heterocycles. The maximum atomic E-state index is 4.17. The molecule has 0 amide bonds. The van der Waals surface area contributed by atoms with Gasteiger partial charge in [0.1, 0.15) is 0 Å². The molecule has 12 heavy (non-hydrogen) atoms. The zero-order valence-corrected chi connectivity index (χ0v) is 9.00. The molecule has 0 aliphatic carbocycles. The highest BCUT2D eigenvalue weighted by atomic mass is 32.2. The average Bonchev–Trinajstić information content (AvgIpc) is 2.15. The average molecular weight is 198 g/mol. The fourth-order valence-corrected chi connectivity index (χ4v) is 1.91. The minimum Gasteiger partial charge on any atom is -0.178 e. The summed E-state index contributed by atoms with van der Waals surface area (Å²) in [4.78, 5) is 1.35. The molecule has 0 fully saturated rings. The first kappa shape index (κ1) is 10.0. The van der Waals surface area contributed by atoms with E-state index in [2.05, 4.69) is 43.8 Å². The van der Waals surface area contributed by atoms with Crippen LogP contribution in [0.4, 0.5) is 0 Å². The molecule has 0 unspecified atom stereocenters. The molecule has 1 aromatic carbocycles. The minimum absolute atomic E-state index is 0.945. The summed E-state index contributed by atoms with van der Waals surface area (Å²) in [6, 6.07) is 8.77. The third-order valence-electron chi connectivity index (χ3n) is 1.69. The third kappa shape index (κ3) is 3.11. The van der Waals surface area contributed by atoms with E-state index in [0.29, 0.717) is 0 Å². The highest BCUT2D eigenvalue weighted by molar-refractivity contribution is 8.00. The topological polar surface area (TPSA) is 0 Å². The van der Waals surface area contributed by atoms with Gasteiger partial charge in [-0.3, -0.25) is 0 Å². The number of aryl methyl sites for hydroxylation is 1. The van der Waals surface area contributed by atoms with Crippen LogP contribution in [-0.4, -0.2) is 11.5 Å². The van der Waals surface area contributed by atoms with Crippen molar-refractivity contribution in [3.05, 3.63) is 29.8 Å². The van der Waals surface area contributed by atoms with Gasteiger partial charge >= 0.3 is 0 Å². The van der Waals surface area contributed by atoms with Gasteiger partial charge in [-0.2, -0.15) is 12.6 Å². The molecule has 0 atom stereocenters. The Bertz CT molecular complexity index is 216. The van der Waals surface area contributed by atoms with Gasteiger partial charge < -0.3 is 0 Å². The Morgan fingerprint density at radius 3 is 2.42 bits per heavy atom. The van der Waals surface area contributed by atoms with Gasteiger partial charge in [-0.1, -0.05) is 19.1 Å². The van der Waals surface area contributed by atoms with Gasteiger partial charge in [-0.05, 0) is 29.9 Å². The summed E-state index contributed by atoms with van der Waals surface area (Å²) >= 11 is 6.03. The molecule has 1 aromatic rings. The molecule has 0 spiro atoms. The van der Waals surface area contributed by atoms with Crippen LogP contribution in [0.3, 0.4) is 0 Å². The van der Waals surface area contributed by atoms with Crippen molar-refractivity contribution in [2.75, 3.05) is 11.5 Å². The fraction of sp³-hybridized carbons (Fsp3) is 0.400. The zero-order chi connectivity index (χ0) is 8.81. The summed E-state index contributed by atoms with van der Waals surface area (Å²) in [5.41, 5.74) is 1.41. The number of thioether (sulfide) groups is 1. The summed E-state index contributed by atoms with van der Waals surface area (Å²) in [5.74, 6) is 2.04. The minimum atomic E-state index is 0.945. The molecule has 1 rings (SSSR count). The molecule has 0 nitrogen and oxygen atoms in total. The Hall–Kier alpha value is -0.0800. The van der Waals surface area contributed by atoms with E-state index in [1.165, 1.54) is 10.5 Å². The van der Waals surface area contributed by atoms with Crippen molar-refractivity contribution in [1.29, 1.82) is 0 Å². The maximum Gasteiger partial charge on any atom is 0.00724 e. The smallest absolute Gasteiger partial charge is 0.00724 e. The second kappa shape index (κ2) is 5.55. The summed E-state index contributed by atoms with van der Waals surface area (Å²) < 4.78 is 0. The third-order valence-corrected chi connectivity index (χ3v) is 3.23. The monoisotopic (exact) mass is 198 g/mol. The summed E-state index contributed by atoms with van der Waals surface area (Å²) in [6.45, 7) is 2.18. The van der Waals surface area contributed by atoms with Crippen molar-refractivity contribution in [1.82, 2.24) is 0 Å². The van der Waals surface area contributed by atoms with E-state index in [9.17, 15) is 0 Å². The molecule has 0 aromatic heterocycles. The first-order valence-corrected chi connectivity index (χ1v) is 5.81. The van der Waals surface area contributed by atoms with Crippen LogP contribution in [0, 0.1) is 0 Å². The van der Waals surface area contributed by atoms with E-state index in [-0.39, 0.29) is 0 Å². The molecule has 0 aliphatic rings. The van der Waals surface area contributed by atoms with Crippen molar-refractivity contribution in [2.45, 2.75) is 18.2 Å². The van der Waals surface area contributed by atoms with Crippen LogP contribution in [0.5, 0.6) is 0 Å². The molecular weight excluding hydrogens is 184 g/mol. The molecule has 0 N–H and O–H groups in total. The van der Waals surface area contributed by atoms with Gasteiger partial charge in [0.05, 0.1) is 0 Å². The van der Waals surface area contributed by atoms with Gasteiger partial charge in [0.15, 0.2) is 0 Å². The van der Waals surface area contributed by atoms with E-state index in [1.807, 2.05) is 11.8 Å². The molecule has 0 bridgehead atoms. The van der Waals surface area contributed by atoms with Crippen LogP contribution in [-0.2, 0) is 6.42 Å². The first-order valence-electron chi connectivity index (χ1n) is 4.19. The molecule has 0 aliphatic heterocycles. The van der Waals surface area contributed by atoms with Gasteiger partial charge in [-0.15, -0.1) is 11.8 Å². The predicted octanol–water partition coefficient (Wildman–Crippen LogP) is 3.27. The second-order valence-corrected chi connectivity index (χ2v) is 4.19. The lowest BCUT2D eigenvalue weighted by molar-refractivity contribution is 1.13. The highest BCUT2D eigenvalue weighted by Crippen LogP contribution is 2.18. The predicted molar refractivity (Wildman–Crippen MR) is 60.4 cm³/mol.